The molecule has 1 saturated heterocycles. The van der Waals surface area contributed by atoms with E-state index in [9.17, 15) is 4.79 Å². The molecule has 2 rings (SSSR count). The minimum Gasteiger partial charge on any atom is -0.444 e. The first-order chi connectivity index (χ1) is 9.78. The van der Waals surface area contributed by atoms with Gasteiger partial charge in [-0.1, -0.05) is 6.07 Å². The van der Waals surface area contributed by atoms with Crippen molar-refractivity contribution < 1.29 is 9.53 Å². The maximum absolute atomic E-state index is 12.3. The first-order valence-corrected chi connectivity index (χ1v) is 7.41. The molecule has 1 fully saturated rings. The summed E-state index contributed by atoms with van der Waals surface area (Å²) in [5.74, 6) is 0.917. The van der Waals surface area contributed by atoms with Crippen LogP contribution in [0.1, 0.15) is 45.2 Å². The van der Waals surface area contributed by atoms with Gasteiger partial charge in [-0.3, -0.25) is 0 Å². The van der Waals surface area contributed by atoms with Crippen LogP contribution in [0.2, 0.25) is 0 Å². The van der Waals surface area contributed by atoms with E-state index in [1.165, 1.54) is 0 Å². The largest absolute Gasteiger partial charge is 0.444 e. The highest BCUT2D eigenvalue weighted by Crippen LogP contribution is 2.33. The van der Waals surface area contributed by atoms with Crippen LogP contribution < -0.4 is 4.90 Å². The zero-order valence-corrected chi connectivity index (χ0v) is 13.6. The molecule has 2 heterocycles. The summed E-state index contributed by atoms with van der Waals surface area (Å²) in [7, 11) is 3.93. The molecule has 0 N–H and O–H groups in total. The molecule has 1 amide bonds. The second-order valence-corrected chi connectivity index (χ2v) is 6.68. The van der Waals surface area contributed by atoms with Gasteiger partial charge in [0, 0.05) is 26.8 Å². The van der Waals surface area contributed by atoms with Crippen LogP contribution in [0.3, 0.4) is 0 Å². The molecule has 0 spiro atoms. The first kappa shape index (κ1) is 15.6. The second-order valence-electron chi connectivity index (χ2n) is 6.68. The Morgan fingerprint density at radius 1 is 1.38 bits per heavy atom. The van der Waals surface area contributed by atoms with E-state index in [-0.39, 0.29) is 12.1 Å². The smallest absolute Gasteiger partial charge is 0.410 e. The number of likely N-dealkylation sites (tertiary alicyclic amines) is 1. The van der Waals surface area contributed by atoms with Gasteiger partial charge in [-0.25, -0.2) is 9.78 Å². The van der Waals surface area contributed by atoms with Crippen LogP contribution in [0.25, 0.3) is 0 Å². The molecule has 0 bridgehead atoms. The van der Waals surface area contributed by atoms with Gasteiger partial charge in [-0.2, -0.15) is 0 Å². The summed E-state index contributed by atoms with van der Waals surface area (Å²) in [5.41, 5.74) is 0.612. The van der Waals surface area contributed by atoms with Gasteiger partial charge in [0.1, 0.15) is 11.4 Å². The minimum absolute atomic E-state index is 0.0727. The highest BCUT2D eigenvalue weighted by atomic mass is 16.6. The van der Waals surface area contributed by atoms with Gasteiger partial charge < -0.3 is 14.5 Å². The highest BCUT2D eigenvalue weighted by Gasteiger charge is 2.33. The van der Waals surface area contributed by atoms with Gasteiger partial charge in [-0.05, 0) is 45.2 Å². The molecule has 1 aromatic heterocycles. The molecule has 116 valence electrons. The van der Waals surface area contributed by atoms with Gasteiger partial charge in [0.2, 0.25) is 0 Å². The van der Waals surface area contributed by atoms with Gasteiger partial charge >= 0.3 is 6.09 Å². The Kier molecular flexibility index (Phi) is 4.40. The third-order valence-corrected chi connectivity index (χ3v) is 3.49. The number of aromatic nitrogens is 1. The van der Waals surface area contributed by atoms with E-state index in [0.717, 1.165) is 30.8 Å². The first-order valence-electron chi connectivity index (χ1n) is 7.41. The van der Waals surface area contributed by atoms with E-state index < -0.39 is 5.60 Å². The molecule has 5 nitrogen and oxygen atoms in total. The number of carbonyl (C=O) groups excluding carboxylic acids is 1. The van der Waals surface area contributed by atoms with E-state index >= 15 is 0 Å². The van der Waals surface area contributed by atoms with E-state index in [4.69, 9.17) is 4.74 Å². The monoisotopic (exact) mass is 291 g/mol. The molecule has 0 radical (unpaired) electrons. The molecule has 0 aliphatic carbocycles. The van der Waals surface area contributed by atoms with Crippen LogP contribution in [0, 0.1) is 0 Å². The fourth-order valence-electron chi connectivity index (χ4n) is 2.51. The predicted molar refractivity (Wildman–Crippen MR) is 83.5 cm³/mol. The van der Waals surface area contributed by atoms with Crippen molar-refractivity contribution >= 4 is 11.9 Å². The number of pyridine rings is 1. The third kappa shape index (κ3) is 3.86. The predicted octanol–water partition coefficient (Wildman–Crippen LogP) is 3.22. The molecular formula is C16H25N3O2. The summed E-state index contributed by atoms with van der Waals surface area (Å²) in [6, 6.07) is 4.11. The van der Waals surface area contributed by atoms with Crippen LogP contribution in [0.15, 0.2) is 18.3 Å². The van der Waals surface area contributed by atoms with E-state index in [1.807, 2.05) is 56.9 Å². The molecule has 0 saturated carbocycles. The zero-order chi connectivity index (χ0) is 15.6. The standard InChI is InChI=1S/C16H25N3O2/c1-16(2,3)21-15(20)19-10-6-7-13(19)12-8-9-14(17-11-12)18(4)5/h8-9,11,13H,6-7,10H2,1-5H3/t13-/m0/s1. The summed E-state index contributed by atoms with van der Waals surface area (Å²) in [6.45, 7) is 6.42. The SMILES string of the molecule is CN(C)c1ccc([C@@H]2CCCN2C(=O)OC(C)(C)C)cn1. The quantitative estimate of drug-likeness (QED) is 0.839. The van der Waals surface area contributed by atoms with Crippen molar-refractivity contribution in [2.24, 2.45) is 0 Å². The molecule has 1 aromatic rings. The van der Waals surface area contributed by atoms with Crippen molar-refractivity contribution in [2.45, 2.75) is 45.3 Å². The van der Waals surface area contributed by atoms with Crippen LogP contribution >= 0.6 is 0 Å². The van der Waals surface area contributed by atoms with Crippen molar-refractivity contribution in [3.8, 4) is 0 Å². The number of nitrogens with zero attached hydrogens (tertiary/aromatic N) is 3. The molecule has 21 heavy (non-hydrogen) atoms. The number of hydrogen-bond donors (Lipinski definition) is 0. The van der Waals surface area contributed by atoms with Crippen molar-refractivity contribution in [3.05, 3.63) is 23.9 Å². The molecule has 1 atom stereocenters. The van der Waals surface area contributed by atoms with Crippen LogP contribution in [-0.4, -0.2) is 42.2 Å². The van der Waals surface area contributed by atoms with Crippen LogP contribution in [0.5, 0.6) is 0 Å². The molecular weight excluding hydrogens is 266 g/mol. The maximum Gasteiger partial charge on any atom is 0.410 e. The lowest BCUT2D eigenvalue weighted by Gasteiger charge is -2.28. The van der Waals surface area contributed by atoms with Gasteiger partial charge in [-0.15, -0.1) is 0 Å². The number of rotatable bonds is 2. The van der Waals surface area contributed by atoms with E-state index in [2.05, 4.69) is 11.1 Å². The molecule has 5 heteroatoms. The number of carbonyl (C=O) groups is 1. The molecule has 0 aromatic carbocycles. The second kappa shape index (κ2) is 5.92. The Morgan fingerprint density at radius 3 is 2.62 bits per heavy atom. The summed E-state index contributed by atoms with van der Waals surface area (Å²) < 4.78 is 5.49. The lowest BCUT2D eigenvalue weighted by Crippen LogP contribution is -2.36. The number of amides is 1. The van der Waals surface area contributed by atoms with Crippen molar-refractivity contribution in [1.29, 1.82) is 0 Å². The number of anilines is 1. The Hall–Kier alpha value is -1.78. The van der Waals surface area contributed by atoms with Crippen molar-refractivity contribution in [3.63, 3.8) is 0 Å². The summed E-state index contributed by atoms with van der Waals surface area (Å²) >= 11 is 0. The number of hydrogen-bond acceptors (Lipinski definition) is 4. The summed E-state index contributed by atoms with van der Waals surface area (Å²) in [4.78, 5) is 20.5. The van der Waals surface area contributed by atoms with Crippen molar-refractivity contribution in [1.82, 2.24) is 9.88 Å². The molecule has 0 unspecified atom stereocenters. The number of ether oxygens (including phenoxy) is 1. The average molecular weight is 291 g/mol. The van der Waals surface area contributed by atoms with Gasteiger partial charge in [0.05, 0.1) is 6.04 Å². The Labute approximate surface area is 126 Å². The minimum atomic E-state index is -0.461. The highest BCUT2D eigenvalue weighted by molar-refractivity contribution is 5.69. The van der Waals surface area contributed by atoms with E-state index in [0.29, 0.717) is 0 Å². The Bertz CT molecular complexity index is 491. The van der Waals surface area contributed by atoms with Gasteiger partial charge in [0.15, 0.2) is 0 Å². The summed E-state index contributed by atoms with van der Waals surface area (Å²) in [6.07, 6.45) is 3.59. The fourth-order valence-corrected chi connectivity index (χ4v) is 2.51. The van der Waals surface area contributed by atoms with Crippen molar-refractivity contribution in [2.75, 3.05) is 25.5 Å². The normalized spacial score (nSPS) is 18.7. The van der Waals surface area contributed by atoms with Gasteiger partial charge in [0.25, 0.3) is 0 Å². The van der Waals surface area contributed by atoms with Crippen LogP contribution in [-0.2, 0) is 4.74 Å². The topological polar surface area (TPSA) is 45.7 Å². The van der Waals surface area contributed by atoms with E-state index in [1.54, 1.807) is 0 Å². The Balaban J connectivity index is 2.13. The third-order valence-electron chi connectivity index (χ3n) is 3.49. The molecule has 1 aliphatic rings. The fraction of sp³-hybridized carbons (Fsp3) is 0.625. The Morgan fingerprint density at radius 2 is 2.10 bits per heavy atom. The average Bonchev–Trinajstić information content (AvgIpc) is 2.86. The van der Waals surface area contributed by atoms with Crippen LogP contribution in [0.4, 0.5) is 10.6 Å². The lowest BCUT2D eigenvalue weighted by atomic mass is 10.1. The lowest BCUT2D eigenvalue weighted by molar-refractivity contribution is 0.0224. The zero-order valence-electron chi connectivity index (χ0n) is 13.6. The molecule has 1 aliphatic heterocycles. The summed E-state index contributed by atoms with van der Waals surface area (Å²) in [5, 5.41) is 0. The maximum atomic E-state index is 12.3.